The number of rotatable bonds is 6. The van der Waals surface area contributed by atoms with Crippen LogP contribution in [0.4, 0.5) is 0 Å². The molecule has 0 aliphatic heterocycles. The summed E-state index contributed by atoms with van der Waals surface area (Å²) in [5.41, 5.74) is 3.06. The van der Waals surface area contributed by atoms with Gasteiger partial charge in [0.25, 0.3) is 5.91 Å². The predicted molar refractivity (Wildman–Crippen MR) is 94.9 cm³/mol. The van der Waals surface area contributed by atoms with Crippen molar-refractivity contribution in [2.45, 2.75) is 46.1 Å². The lowest BCUT2D eigenvalue weighted by atomic mass is 9.99. The minimum absolute atomic E-state index is 0.0204. The summed E-state index contributed by atoms with van der Waals surface area (Å²) in [4.78, 5) is 23.4. The van der Waals surface area contributed by atoms with Crippen LogP contribution in [0.1, 0.15) is 47.2 Å². The zero-order valence-electron chi connectivity index (χ0n) is 14.7. The molecule has 1 aliphatic carbocycles. The van der Waals surface area contributed by atoms with E-state index in [4.69, 9.17) is 0 Å². The molecule has 1 amide bonds. The lowest BCUT2D eigenvalue weighted by Crippen LogP contribution is -2.43. The van der Waals surface area contributed by atoms with Gasteiger partial charge in [0.05, 0.1) is 0 Å². The Morgan fingerprint density at radius 3 is 2.50 bits per heavy atom. The van der Waals surface area contributed by atoms with Gasteiger partial charge in [0, 0.05) is 18.8 Å². The van der Waals surface area contributed by atoms with Gasteiger partial charge < -0.3 is 4.90 Å². The summed E-state index contributed by atoms with van der Waals surface area (Å²) in [5.74, 6) is 1.27. The second kappa shape index (κ2) is 7.12. The third kappa shape index (κ3) is 3.81. The molecule has 1 aromatic carbocycles. The van der Waals surface area contributed by atoms with Crippen molar-refractivity contribution < 1.29 is 4.79 Å². The molecule has 1 heterocycles. The average Bonchev–Trinajstić information content (AvgIpc) is 3.41. The number of benzene rings is 1. The highest BCUT2D eigenvalue weighted by molar-refractivity contribution is 5.92. The Balaban J connectivity index is 1.82. The van der Waals surface area contributed by atoms with Gasteiger partial charge in [-0.15, -0.1) is 0 Å². The second-order valence-electron chi connectivity index (χ2n) is 6.67. The van der Waals surface area contributed by atoms with Crippen LogP contribution in [0.2, 0.25) is 0 Å². The number of hydrogen-bond donors (Lipinski definition) is 0. The molecule has 0 radical (unpaired) electrons. The van der Waals surface area contributed by atoms with Crippen molar-refractivity contribution >= 4 is 5.91 Å². The lowest BCUT2D eigenvalue weighted by molar-refractivity contribution is 0.0659. The van der Waals surface area contributed by atoms with Gasteiger partial charge in [-0.1, -0.05) is 29.8 Å². The lowest BCUT2D eigenvalue weighted by Gasteiger charge is -2.31. The topological polar surface area (TPSA) is 46.1 Å². The molecule has 0 spiro atoms. The smallest absolute Gasteiger partial charge is 0.272 e. The van der Waals surface area contributed by atoms with Crippen molar-refractivity contribution in [2.24, 2.45) is 5.92 Å². The number of hydrogen-bond acceptors (Lipinski definition) is 3. The predicted octanol–water partition coefficient (Wildman–Crippen LogP) is 3.58. The minimum Gasteiger partial charge on any atom is -0.334 e. The van der Waals surface area contributed by atoms with E-state index >= 15 is 0 Å². The first kappa shape index (κ1) is 16.6. The Kier molecular flexibility index (Phi) is 4.93. The summed E-state index contributed by atoms with van der Waals surface area (Å²) >= 11 is 0. The average molecular weight is 323 g/mol. The van der Waals surface area contributed by atoms with Gasteiger partial charge in [0.15, 0.2) is 0 Å². The molecule has 0 N–H and O–H groups in total. The number of aryl methyl sites for hydroxylation is 2. The highest BCUT2D eigenvalue weighted by Crippen LogP contribution is 2.37. The van der Waals surface area contributed by atoms with E-state index in [0.29, 0.717) is 24.0 Å². The number of nitrogens with zero attached hydrogens (tertiary/aromatic N) is 3. The van der Waals surface area contributed by atoms with Crippen molar-refractivity contribution in [3.05, 3.63) is 59.2 Å². The van der Waals surface area contributed by atoms with Gasteiger partial charge in [-0.05, 0) is 57.6 Å². The maximum atomic E-state index is 13.0. The first-order valence-corrected chi connectivity index (χ1v) is 8.74. The zero-order valence-corrected chi connectivity index (χ0v) is 14.7. The van der Waals surface area contributed by atoms with Gasteiger partial charge >= 0.3 is 0 Å². The summed E-state index contributed by atoms with van der Waals surface area (Å²) in [7, 11) is 0. The summed E-state index contributed by atoms with van der Waals surface area (Å²) in [6.45, 7) is 6.67. The molecule has 3 rings (SSSR count). The van der Waals surface area contributed by atoms with E-state index in [1.54, 1.807) is 12.3 Å². The molecule has 1 aromatic heterocycles. The zero-order chi connectivity index (χ0) is 17.1. The Hall–Kier alpha value is -2.23. The minimum atomic E-state index is 0.0204. The third-order valence-corrected chi connectivity index (χ3v) is 4.73. The molecule has 1 unspecified atom stereocenters. The standard InChI is InChI=1S/C20H25N3O/c1-4-23(20(24)18-11-12-21-15(3)22-18)19(17-9-10-17)13-16-7-5-14(2)6-8-16/h5-8,11-12,17,19H,4,9-10,13H2,1-3H3. The number of carbonyl (C=O) groups is 1. The molecule has 4 nitrogen and oxygen atoms in total. The van der Waals surface area contributed by atoms with Crippen molar-refractivity contribution in [1.82, 2.24) is 14.9 Å². The number of aromatic nitrogens is 2. The molecule has 2 aromatic rings. The molecular weight excluding hydrogens is 298 g/mol. The second-order valence-corrected chi connectivity index (χ2v) is 6.67. The Bertz CT molecular complexity index is 707. The molecule has 1 aliphatic rings. The first-order valence-electron chi connectivity index (χ1n) is 8.74. The number of carbonyl (C=O) groups excluding carboxylic acids is 1. The van der Waals surface area contributed by atoms with Gasteiger partial charge in [0.2, 0.25) is 0 Å². The van der Waals surface area contributed by atoms with Crippen LogP contribution in [0.15, 0.2) is 36.5 Å². The Labute approximate surface area is 143 Å². The normalized spacial score (nSPS) is 15.1. The van der Waals surface area contributed by atoms with Crippen LogP contribution in [0.25, 0.3) is 0 Å². The van der Waals surface area contributed by atoms with Gasteiger partial charge in [0.1, 0.15) is 11.5 Å². The SMILES string of the molecule is CCN(C(=O)c1ccnc(C)n1)C(Cc1ccc(C)cc1)C1CC1. The van der Waals surface area contributed by atoms with Crippen LogP contribution in [0, 0.1) is 19.8 Å². The fourth-order valence-electron chi connectivity index (χ4n) is 3.23. The molecule has 126 valence electrons. The van der Waals surface area contributed by atoms with Crippen LogP contribution in [-0.4, -0.2) is 33.4 Å². The molecule has 1 saturated carbocycles. The summed E-state index contributed by atoms with van der Waals surface area (Å²) < 4.78 is 0. The maximum absolute atomic E-state index is 13.0. The van der Waals surface area contributed by atoms with E-state index in [1.165, 1.54) is 24.0 Å². The van der Waals surface area contributed by atoms with Crippen LogP contribution in [-0.2, 0) is 6.42 Å². The first-order chi connectivity index (χ1) is 11.6. The number of amides is 1. The Morgan fingerprint density at radius 2 is 1.92 bits per heavy atom. The van der Waals surface area contributed by atoms with Gasteiger partial charge in [-0.25, -0.2) is 9.97 Å². The van der Waals surface area contributed by atoms with E-state index in [9.17, 15) is 4.79 Å². The summed E-state index contributed by atoms with van der Waals surface area (Å²) in [5, 5.41) is 0. The van der Waals surface area contributed by atoms with Crippen LogP contribution in [0.3, 0.4) is 0 Å². The van der Waals surface area contributed by atoms with Crippen molar-refractivity contribution in [3.63, 3.8) is 0 Å². The molecule has 1 fully saturated rings. The molecule has 24 heavy (non-hydrogen) atoms. The summed E-state index contributed by atoms with van der Waals surface area (Å²) in [6.07, 6.45) is 5.00. The van der Waals surface area contributed by atoms with Gasteiger partial charge in [-0.2, -0.15) is 0 Å². The monoisotopic (exact) mass is 323 g/mol. The Morgan fingerprint density at radius 1 is 1.21 bits per heavy atom. The van der Waals surface area contributed by atoms with Crippen LogP contribution in [0.5, 0.6) is 0 Å². The largest absolute Gasteiger partial charge is 0.334 e. The molecule has 0 saturated heterocycles. The van der Waals surface area contributed by atoms with Crippen molar-refractivity contribution in [1.29, 1.82) is 0 Å². The number of likely N-dealkylation sites (N-methyl/N-ethyl adjacent to an activating group) is 1. The molecule has 1 atom stereocenters. The van der Waals surface area contributed by atoms with E-state index in [1.807, 2.05) is 11.8 Å². The third-order valence-electron chi connectivity index (χ3n) is 4.73. The van der Waals surface area contributed by atoms with Crippen LogP contribution < -0.4 is 0 Å². The fourth-order valence-corrected chi connectivity index (χ4v) is 3.23. The molecular formula is C20H25N3O. The van der Waals surface area contributed by atoms with E-state index < -0.39 is 0 Å². The fraction of sp³-hybridized carbons (Fsp3) is 0.450. The van der Waals surface area contributed by atoms with E-state index in [2.05, 4.69) is 48.1 Å². The summed E-state index contributed by atoms with van der Waals surface area (Å²) in [6, 6.07) is 10.6. The van der Waals surface area contributed by atoms with Crippen LogP contribution >= 0.6 is 0 Å². The van der Waals surface area contributed by atoms with E-state index in [-0.39, 0.29) is 11.9 Å². The maximum Gasteiger partial charge on any atom is 0.272 e. The van der Waals surface area contributed by atoms with Crippen molar-refractivity contribution in [3.8, 4) is 0 Å². The van der Waals surface area contributed by atoms with Crippen molar-refractivity contribution in [2.75, 3.05) is 6.54 Å². The molecule has 4 heteroatoms. The highest BCUT2D eigenvalue weighted by atomic mass is 16.2. The van der Waals surface area contributed by atoms with Gasteiger partial charge in [-0.3, -0.25) is 4.79 Å². The quantitative estimate of drug-likeness (QED) is 0.816. The highest BCUT2D eigenvalue weighted by Gasteiger charge is 2.37. The van der Waals surface area contributed by atoms with E-state index in [0.717, 1.165) is 6.42 Å². The molecule has 0 bridgehead atoms.